The van der Waals surface area contributed by atoms with Crippen molar-refractivity contribution < 1.29 is 27.4 Å². The number of likely N-dealkylation sites (N-methyl/N-ethyl adjacent to an activating group) is 1. The smallest absolute Gasteiger partial charge is 0.310 e. The molecule has 1 aliphatic heterocycles. The van der Waals surface area contributed by atoms with E-state index < -0.39 is 15.6 Å². The standard InChI is InChI=1S/C52H77NO6S/c1-34(2)38(7)47(8)27-28-49(10)41-23-24-43-48(9)31-57-33-52(43,42(41)25-26-50(49,11)44(47)46(54)58-30-39-17-15-14-16-18-39)29-37(6)45(48)59-32-51(12,35(3)4)53(13)60(55,56)40-21-19-36(5)20-22-40/h14-22,25,34-35,37-38,41,43-45H,23-24,26-33H2,1-13H3/t37-,38-,41+,43+,44-,45+,47-,48+,49-,50+,51-,52+/m1/s1. The third-order valence-electron chi connectivity index (χ3n) is 18.8. The van der Waals surface area contributed by atoms with Gasteiger partial charge in [-0.05, 0) is 122 Å². The lowest BCUT2D eigenvalue weighted by Crippen LogP contribution is -2.69. The highest BCUT2D eigenvalue weighted by atomic mass is 32.2. The zero-order valence-electron chi connectivity index (χ0n) is 39.3. The Morgan fingerprint density at radius 2 is 1.60 bits per heavy atom. The summed E-state index contributed by atoms with van der Waals surface area (Å²) in [6.07, 6.45) is 8.63. The van der Waals surface area contributed by atoms with Gasteiger partial charge in [-0.15, -0.1) is 0 Å². The highest BCUT2D eigenvalue weighted by molar-refractivity contribution is 7.89. The maximum atomic E-state index is 14.8. The van der Waals surface area contributed by atoms with Crippen molar-refractivity contribution in [2.24, 2.45) is 68.5 Å². The van der Waals surface area contributed by atoms with Crippen LogP contribution in [0.1, 0.15) is 126 Å². The monoisotopic (exact) mass is 844 g/mol. The highest BCUT2D eigenvalue weighted by Gasteiger charge is 2.71. The molecule has 0 amide bonds. The van der Waals surface area contributed by atoms with Gasteiger partial charge in [0.1, 0.15) is 6.61 Å². The Bertz CT molecular complexity index is 2030. The Hall–Kier alpha value is -2.52. The first-order valence-corrected chi connectivity index (χ1v) is 24.6. The molecule has 0 radical (unpaired) electrons. The summed E-state index contributed by atoms with van der Waals surface area (Å²) in [5, 5.41) is 0. The van der Waals surface area contributed by atoms with Crippen LogP contribution in [-0.2, 0) is 35.6 Å². The van der Waals surface area contributed by atoms with E-state index in [2.05, 4.69) is 75.3 Å². The minimum Gasteiger partial charge on any atom is -0.461 e. The maximum Gasteiger partial charge on any atom is 0.310 e. The van der Waals surface area contributed by atoms with Crippen LogP contribution in [0.4, 0.5) is 0 Å². The number of esters is 1. The number of hydrogen-bond donors (Lipinski definition) is 0. The van der Waals surface area contributed by atoms with Gasteiger partial charge in [0, 0.05) is 17.9 Å². The van der Waals surface area contributed by atoms with Crippen molar-refractivity contribution in [3.05, 3.63) is 77.4 Å². The molecule has 5 aliphatic rings. The summed E-state index contributed by atoms with van der Waals surface area (Å²) in [5.41, 5.74) is 1.99. The molecule has 1 saturated heterocycles. The van der Waals surface area contributed by atoms with Crippen molar-refractivity contribution in [1.82, 2.24) is 4.31 Å². The third kappa shape index (κ3) is 6.90. The number of aryl methyl sites for hydroxylation is 1. The predicted molar refractivity (Wildman–Crippen MR) is 240 cm³/mol. The van der Waals surface area contributed by atoms with Gasteiger partial charge >= 0.3 is 5.97 Å². The summed E-state index contributed by atoms with van der Waals surface area (Å²) < 4.78 is 50.1. The fourth-order valence-corrected chi connectivity index (χ4v) is 15.8. The van der Waals surface area contributed by atoms with Gasteiger partial charge in [-0.25, -0.2) is 8.42 Å². The van der Waals surface area contributed by atoms with E-state index in [4.69, 9.17) is 14.2 Å². The number of carbonyl (C=O) groups is 1. The largest absolute Gasteiger partial charge is 0.461 e. The molecule has 12 atom stereocenters. The van der Waals surface area contributed by atoms with Crippen LogP contribution in [0.2, 0.25) is 0 Å². The number of rotatable bonds is 12. The minimum absolute atomic E-state index is 0.00864. The Kier molecular flexibility index (Phi) is 12.1. The second kappa shape index (κ2) is 15.9. The van der Waals surface area contributed by atoms with Crippen LogP contribution in [-0.4, -0.2) is 57.2 Å². The number of benzene rings is 2. The minimum atomic E-state index is -3.76. The average molecular weight is 844 g/mol. The van der Waals surface area contributed by atoms with E-state index in [-0.39, 0.29) is 56.9 Å². The van der Waals surface area contributed by atoms with E-state index in [1.54, 1.807) is 29.1 Å². The Morgan fingerprint density at radius 1 is 0.933 bits per heavy atom. The van der Waals surface area contributed by atoms with Crippen molar-refractivity contribution in [1.29, 1.82) is 0 Å². The number of carbonyl (C=O) groups excluding carboxylic acids is 1. The fraction of sp³-hybridized carbons (Fsp3) is 0.712. The predicted octanol–water partition coefficient (Wildman–Crippen LogP) is 11.3. The number of sulfonamides is 1. The van der Waals surface area contributed by atoms with Crippen LogP contribution in [0.5, 0.6) is 0 Å². The SMILES string of the molecule is Cc1ccc(S(=O)(=O)N(C)[C@](C)(CO[C@H]2[C@H](C)C[C@@]34COC[C@@]2(C)[C@@H]3CC[C@H]2C4=CC[C@@]3(C)[C@H](C(=O)OCc4ccccc4)[C@@](C)([C@H](C)C(C)C)CC[C@]23C)C(C)C)cc1. The summed E-state index contributed by atoms with van der Waals surface area (Å²) >= 11 is 0. The molecule has 1 heterocycles. The molecule has 2 aromatic carbocycles. The molecule has 7 rings (SSSR count). The Morgan fingerprint density at radius 3 is 2.23 bits per heavy atom. The molecule has 0 N–H and O–H groups in total. The lowest BCUT2D eigenvalue weighted by atomic mass is 9.34. The third-order valence-corrected chi connectivity index (χ3v) is 20.8. The summed E-state index contributed by atoms with van der Waals surface area (Å²) in [7, 11) is -2.04. The number of fused-ring (bicyclic) bond motifs is 3. The average Bonchev–Trinajstić information content (AvgIpc) is 3.20. The molecule has 2 bridgehead atoms. The van der Waals surface area contributed by atoms with E-state index in [0.717, 1.165) is 56.3 Å². The normalized spacial score (nSPS) is 38.0. The number of nitrogens with zero attached hydrogens (tertiary/aromatic N) is 1. The van der Waals surface area contributed by atoms with Crippen molar-refractivity contribution in [3.63, 3.8) is 0 Å². The molecule has 0 spiro atoms. The van der Waals surface area contributed by atoms with Gasteiger partial charge in [-0.1, -0.05) is 129 Å². The maximum absolute atomic E-state index is 14.8. The fourth-order valence-electron chi connectivity index (χ4n) is 14.2. The quantitative estimate of drug-likeness (QED) is 0.156. The van der Waals surface area contributed by atoms with Gasteiger partial charge in [0.05, 0.1) is 42.3 Å². The van der Waals surface area contributed by atoms with Crippen LogP contribution in [0.3, 0.4) is 0 Å². The summed E-state index contributed by atoms with van der Waals surface area (Å²) in [6.45, 7) is 29.3. The van der Waals surface area contributed by atoms with Crippen LogP contribution >= 0.6 is 0 Å². The van der Waals surface area contributed by atoms with E-state index >= 15 is 0 Å². The molecule has 2 aromatic rings. The molecule has 0 aromatic heterocycles. The zero-order chi connectivity index (χ0) is 43.8. The molecule has 8 heteroatoms. The second-order valence-electron chi connectivity index (χ2n) is 22.3. The van der Waals surface area contributed by atoms with Crippen LogP contribution < -0.4 is 0 Å². The van der Waals surface area contributed by atoms with E-state index in [9.17, 15) is 13.2 Å². The van der Waals surface area contributed by atoms with Gasteiger partial charge in [-0.2, -0.15) is 4.31 Å². The summed E-state index contributed by atoms with van der Waals surface area (Å²) in [6, 6.07) is 17.3. The number of ether oxygens (including phenoxy) is 3. The van der Waals surface area contributed by atoms with Crippen LogP contribution in [0, 0.1) is 75.4 Å². The molecule has 332 valence electrons. The molecular formula is C52H77NO6S. The van der Waals surface area contributed by atoms with Gasteiger partial charge in [0.25, 0.3) is 0 Å². The van der Waals surface area contributed by atoms with E-state index in [1.807, 2.05) is 56.3 Å². The second-order valence-corrected chi connectivity index (χ2v) is 24.3. The molecule has 7 nitrogen and oxygen atoms in total. The van der Waals surface area contributed by atoms with E-state index in [0.29, 0.717) is 48.4 Å². The molecule has 0 unspecified atom stereocenters. The van der Waals surface area contributed by atoms with Gasteiger partial charge in [-0.3, -0.25) is 4.79 Å². The topological polar surface area (TPSA) is 82.1 Å². The lowest BCUT2D eigenvalue weighted by Gasteiger charge is -2.71. The molecular weight excluding hydrogens is 767 g/mol. The van der Waals surface area contributed by atoms with Crippen LogP contribution in [0.15, 0.2) is 71.1 Å². The Balaban J connectivity index is 1.19. The van der Waals surface area contributed by atoms with Gasteiger partial charge in [0.2, 0.25) is 10.0 Å². The first-order valence-electron chi connectivity index (χ1n) is 23.2. The van der Waals surface area contributed by atoms with Crippen LogP contribution in [0.25, 0.3) is 0 Å². The highest BCUT2D eigenvalue weighted by Crippen LogP contribution is 2.75. The first kappa shape index (κ1) is 45.5. The van der Waals surface area contributed by atoms with Crippen molar-refractivity contribution in [2.45, 2.75) is 145 Å². The zero-order valence-corrected chi connectivity index (χ0v) is 40.1. The molecule has 4 fully saturated rings. The number of hydrogen-bond acceptors (Lipinski definition) is 6. The molecule has 3 saturated carbocycles. The number of allylic oxidation sites excluding steroid dienone is 1. The van der Waals surface area contributed by atoms with Crippen molar-refractivity contribution in [3.8, 4) is 0 Å². The van der Waals surface area contributed by atoms with Gasteiger partial charge < -0.3 is 14.2 Å². The van der Waals surface area contributed by atoms with Crippen molar-refractivity contribution >= 4 is 16.0 Å². The molecule has 4 aliphatic carbocycles. The van der Waals surface area contributed by atoms with Gasteiger partial charge in [0.15, 0.2) is 0 Å². The summed E-state index contributed by atoms with van der Waals surface area (Å²) in [5.74, 6) is 1.55. The van der Waals surface area contributed by atoms with Crippen molar-refractivity contribution in [2.75, 3.05) is 26.9 Å². The molecule has 60 heavy (non-hydrogen) atoms. The lowest BCUT2D eigenvalue weighted by molar-refractivity contribution is -0.254. The first-order chi connectivity index (χ1) is 28.0. The summed E-state index contributed by atoms with van der Waals surface area (Å²) in [4.78, 5) is 15.1. The Labute approximate surface area is 363 Å². The van der Waals surface area contributed by atoms with E-state index in [1.165, 1.54) is 0 Å².